The maximum absolute atomic E-state index is 5.64. The molecular formula is C14H21O. The van der Waals surface area contributed by atoms with Crippen molar-refractivity contribution in [1.82, 2.24) is 0 Å². The summed E-state index contributed by atoms with van der Waals surface area (Å²) in [5.74, 6) is 0. The fourth-order valence-corrected chi connectivity index (χ4v) is 1.54. The van der Waals surface area contributed by atoms with Gasteiger partial charge in [0.15, 0.2) is 0 Å². The molecule has 1 aromatic carbocycles. The van der Waals surface area contributed by atoms with Crippen molar-refractivity contribution < 1.29 is 4.74 Å². The number of hydrogen-bond donors (Lipinski definition) is 0. The van der Waals surface area contributed by atoms with Gasteiger partial charge < -0.3 is 4.74 Å². The normalized spacial score (nSPS) is 12.7. The third-order valence-corrected chi connectivity index (χ3v) is 2.41. The summed E-state index contributed by atoms with van der Waals surface area (Å²) in [5, 5.41) is 0. The molecule has 0 bridgehead atoms. The summed E-state index contributed by atoms with van der Waals surface area (Å²) in [4.78, 5) is 0. The molecule has 1 unspecified atom stereocenters. The molecule has 0 heterocycles. The highest BCUT2D eigenvalue weighted by Crippen LogP contribution is 2.06. The van der Waals surface area contributed by atoms with Crippen LogP contribution in [0.3, 0.4) is 0 Å². The number of rotatable bonds is 7. The molecule has 1 nitrogen and oxygen atoms in total. The van der Waals surface area contributed by atoms with Crippen LogP contribution in [0.15, 0.2) is 30.3 Å². The highest BCUT2D eigenvalue weighted by atomic mass is 16.5. The van der Waals surface area contributed by atoms with Crippen molar-refractivity contribution >= 4 is 0 Å². The minimum atomic E-state index is 0.0873. The topological polar surface area (TPSA) is 9.23 Å². The van der Waals surface area contributed by atoms with Gasteiger partial charge in [0, 0.05) is 6.61 Å². The highest BCUT2D eigenvalue weighted by molar-refractivity contribution is 5.15. The van der Waals surface area contributed by atoms with Crippen LogP contribution in [-0.2, 0) is 11.2 Å². The lowest BCUT2D eigenvalue weighted by Gasteiger charge is -2.12. The zero-order valence-corrected chi connectivity index (χ0v) is 9.61. The number of benzene rings is 1. The zero-order chi connectivity index (χ0) is 10.9. The zero-order valence-electron chi connectivity index (χ0n) is 9.61. The monoisotopic (exact) mass is 205 g/mol. The third-order valence-electron chi connectivity index (χ3n) is 2.41. The largest absolute Gasteiger partial charge is 0.378 e. The standard InChI is InChI=1S/C14H21O/c1-3-4-8-11-15-13(2)12-14-9-6-5-7-10-14/h5-7,9-10,13H,2-4,8,11-12H2,1H3. The SMILES string of the molecule is [CH2]C(Cc1ccccc1)OCCCCC. The molecule has 0 amide bonds. The van der Waals surface area contributed by atoms with E-state index in [-0.39, 0.29) is 6.10 Å². The first kappa shape index (κ1) is 12.3. The Morgan fingerprint density at radius 2 is 1.93 bits per heavy atom. The maximum atomic E-state index is 5.64. The van der Waals surface area contributed by atoms with Crippen molar-refractivity contribution in [1.29, 1.82) is 0 Å². The third kappa shape index (κ3) is 5.58. The molecular weight excluding hydrogens is 184 g/mol. The van der Waals surface area contributed by atoms with E-state index in [9.17, 15) is 0 Å². The molecule has 1 aromatic rings. The van der Waals surface area contributed by atoms with E-state index in [1.165, 1.54) is 18.4 Å². The van der Waals surface area contributed by atoms with Crippen LogP contribution in [-0.4, -0.2) is 12.7 Å². The second kappa shape index (κ2) is 7.47. The Balaban J connectivity index is 2.16. The number of ether oxygens (including phenoxy) is 1. The Labute approximate surface area is 93.5 Å². The van der Waals surface area contributed by atoms with E-state index in [0.717, 1.165) is 19.4 Å². The van der Waals surface area contributed by atoms with Crippen LogP contribution < -0.4 is 0 Å². The van der Waals surface area contributed by atoms with Gasteiger partial charge in [-0.15, -0.1) is 0 Å². The van der Waals surface area contributed by atoms with Crippen LogP contribution in [0.5, 0.6) is 0 Å². The average Bonchev–Trinajstić information content (AvgIpc) is 2.26. The molecule has 0 aliphatic rings. The van der Waals surface area contributed by atoms with Crippen molar-refractivity contribution in [3.63, 3.8) is 0 Å². The summed E-state index contributed by atoms with van der Waals surface area (Å²) in [6.07, 6.45) is 4.64. The van der Waals surface area contributed by atoms with Gasteiger partial charge in [0.1, 0.15) is 0 Å². The molecule has 1 heteroatoms. The molecule has 0 N–H and O–H groups in total. The average molecular weight is 205 g/mol. The maximum Gasteiger partial charge on any atom is 0.0616 e. The van der Waals surface area contributed by atoms with Crippen LogP contribution >= 0.6 is 0 Å². The molecule has 1 rings (SSSR count). The predicted molar refractivity (Wildman–Crippen MR) is 64.8 cm³/mol. The Morgan fingerprint density at radius 3 is 2.60 bits per heavy atom. The molecule has 1 radical (unpaired) electrons. The van der Waals surface area contributed by atoms with Crippen LogP contribution in [0.25, 0.3) is 0 Å². The lowest BCUT2D eigenvalue weighted by atomic mass is 10.1. The van der Waals surface area contributed by atoms with Gasteiger partial charge in [0.05, 0.1) is 6.10 Å². The first-order valence-corrected chi connectivity index (χ1v) is 5.81. The molecule has 0 aromatic heterocycles. The van der Waals surface area contributed by atoms with Crippen molar-refractivity contribution in [2.24, 2.45) is 0 Å². The van der Waals surface area contributed by atoms with E-state index in [1.807, 2.05) is 6.07 Å². The first-order valence-electron chi connectivity index (χ1n) is 5.81. The van der Waals surface area contributed by atoms with Crippen LogP contribution in [0.4, 0.5) is 0 Å². The van der Waals surface area contributed by atoms with Crippen LogP contribution in [0.1, 0.15) is 31.7 Å². The molecule has 15 heavy (non-hydrogen) atoms. The Hall–Kier alpha value is -0.820. The molecule has 0 saturated carbocycles. The van der Waals surface area contributed by atoms with Gasteiger partial charge in [-0.2, -0.15) is 0 Å². The van der Waals surface area contributed by atoms with E-state index in [2.05, 4.69) is 38.1 Å². The summed E-state index contributed by atoms with van der Waals surface area (Å²) in [6.45, 7) is 7.05. The lowest BCUT2D eigenvalue weighted by molar-refractivity contribution is 0.0806. The minimum Gasteiger partial charge on any atom is -0.378 e. The summed E-state index contributed by atoms with van der Waals surface area (Å²) < 4.78 is 5.64. The quantitative estimate of drug-likeness (QED) is 0.617. The van der Waals surface area contributed by atoms with Gasteiger partial charge in [-0.3, -0.25) is 0 Å². The molecule has 1 atom stereocenters. The van der Waals surface area contributed by atoms with Gasteiger partial charge in [-0.25, -0.2) is 0 Å². The van der Waals surface area contributed by atoms with Crippen LogP contribution in [0, 0.1) is 6.92 Å². The smallest absolute Gasteiger partial charge is 0.0616 e. The summed E-state index contributed by atoms with van der Waals surface area (Å²) in [5.41, 5.74) is 1.30. The van der Waals surface area contributed by atoms with E-state index in [0.29, 0.717) is 0 Å². The summed E-state index contributed by atoms with van der Waals surface area (Å²) in [7, 11) is 0. The van der Waals surface area contributed by atoms with Gasteiger partial charge in [0.25, 0.3) is 0 Å². The van der Waals surface area contributed by atoms with Gasteiger partial charge in [-0.05, 0) is 25.3 Å². The molecule has 0 fully saturated rings. The number of unbranched alkanes of at least 4 members (excludes halogenated alkanes) is 2. The van der Waals surface area contributed by atoms with Gasteiger partial charge in [-0.1, -0.05) is 50.1 Å². The Kier molecular flexibility index (Phi) is 6.10. The van der Waals surface area contributed by atoms with Crippen molar-refractivity contribution in [2.45, 2.75) is 38.7 Å². The fourth-order valence-electron chi connectivity index (χ4n) is 1.54. The first-order chi connectivity index (χ1) is 7.33. The summed E-state index contributed by atoms with van der Waals surface area (Å²) >= 11 is 0. The minimum absolute atomic E-state index is 0.0873. The van der Waals surface area contributed by atoms with E-state index in [4.69, 9.17) is 4.74 Å². The second-order valence-electron chi connectivity index (χ2n) is 3.89. The fraction of sp³-hybridized carbons (Fsp3) is 0.500. The highest BCUT2D eigenvalue weighted by Gasteiger charge is 2.02. The lowest BCUT2D eigenvalue weighted by Crippen LogP contribution is -2.12. The van der Waals surface area contributed by atoms with E-state index in [1.54, 1.807) is 0 Å². The van der Waals surface area contributed by atoms with Crippen molar-refractivity contribution in [3.05, 3.63) is 42.8 Å². The molecule has 0 aliphatic carbocycles. The van der Waals surface area contributed by atoms with Crippen LogP contribution in [0.2, 0.25) is 0 Å². The molecule has 0 saturated heterocycles. The number of hydrogen-bond acceptors (Lipinski definition) is 1. The van der Waals surface area contributed by atoms with Crippen molar-refractivity contribution in [2.75, 3.05) is 6.61 Å². The Morgan fingerprint density at radius 1 is 1.20 bits per heavy atom. The van der Waals surface area contributed by atoms with E-state index >= 15 is 0 Å². The molecule has 83 valence electrons. The van der Waals surface area contributed by atoms with Gasteiger partial charge in [0.2, 0.25) is 0 Å². The Bertz CT molecular complexity index is 243. The molecule has 0 aliphatic heterocycles. The molecule has 0 spiro atoms. The predicted octanol–water partition coefficient (Wildman–Crippen LogP) is 3.64. The summed E-state index contributed by atoms with van der Waals surface area (Å²) in [6, 6.07) is 10.4. The van der Waals surface area contributed by atoms with E-state index < -0.39 is 0 Å². The van der Waals surface area contributed by atoms with Crippen molar-refractivity contribution in [3.8, 4) is 0 Å². The second-order valence-corrected chi connectivity index (χ2v) is 3.89. The van der Waals surface area contributed by atoms with Gasteiger partial charge >= 0.3 is 0 Å².